The van der Waals surface area contributed by atoms with Crippen LogP contribution >= 0.6 is 0 Å². The van der Waals surface area contributed by atoms with Crippen molar-refractivity contribution in [2.75, 3.05) is 4.72 Å². The lowest BCUT2D eigenvalue weighted by atomic mass is 10.2. The van der Waals surface area contributed by atoms with Gasteiger partial charge in [-0.25, -0.2) is 4.39 Å². The van der Waals surface area contributed by atoms with Gasteiger partial charge in [-0.1, -0.05) is 48.5 Å². The lowest BCUT2D eigenvalue weighted by molar-refractivity contribution is -0.139. The Hall–Kier alpha value is -3.66. The van der Waals surface area contributed by atoms with Crippen LogP contribution in [0.1, 0.15) is 5.56 Å². The molecular weight excluding hydrogens is 448 g/mol. The second-order valence-corrected chi connectivity index (χ2v) is 8.28. The summed E-state index contributed by atoms with van der Waals surface area (Å²) in [5.74, 6) is -1.59. The Balaban J connectivity index is 1.81. The van der Waals surface area contributed by atoms with Gasteiger partial charge in [0.1, 0.15) is 5.82 Å². The summed E-state index contributed by atoms with van der Waals surface area (Å²) in [6.07, 6.45) is -4.99. The molecule has 0 fully saturated rings. The number of sulfonamides is 1. The fourth-order valence-electron chi connectivity index (χ4n) is 2.97. The number of nitrogens with zero attached hydrogens (tertiary/aromatic N) is 1. The van der Waals surface area contributed by atoms with Crippen molar-refractivity contribution in [3.05, 3.63) is 90.2 Å². The molecule has 1 heterocycles. The molecule has 0 aliphatic rings. The molecule has 4 aromatic rings. The number of aromatic nitrogens is 1. The summed E-state index contributed by atoms with van der Waals surface area (Å²) in [6.45, 7) is 0. The molecule has 164 valence electrons. The molecule has 0 aliphatic carbocycles. The third-order valence-corrected chi connectivity index (χ3v) is 5.72. The summed E-state index contributed by atoms with van der Waals surface area (Å²) in [5.41, 5.74) is -1.15. The Morgan fingerprint density at radius 1 is 0.844 bits per heavy atom. The van der Waals surface area contributed by atoms with E-state index in [9.17, 15) is 26.0 Å². The number of rotatable bonds is 5. The number of alkyl halides is 3. The Morgan fingerprint density at radius 2 is 1.44 bits per heavy atom. The molecule has 4 rings (SSSR count). The Labute approximate surface area is 180 Å². The van der Waals surface area contributed by atoms with E-state index in [0.29, 0.717) is 23.3 Å². The first-order valence-corrected chi connectivity index (χ1v) is 10.6. The summed E-state index contributed by atoms with van der Waals surface area (Å²) in [6, 6.07) is 18.6. The van der Waals surface area contributed by atoms with Crippen LogP contribution < -0.4 is 4.72 Å². The van der Waals surface area contributed by atoms with Gasteiger partial charge in [-0.3, -0.25) is 4.72 Å². The Morgan fingerprint density at radius 3 is 2.03 bits per heavy atom. The van der Waals surface area contributed by atoms with Crippen molar-refractivity contribution in [1.82, 2.24) is 4.98 Å². The molecule has 0 spiro atoms. The van der Waals surface area contributed by atoms with Gasteiger partial charge in [0.25, 0.3) is 10.0 Å². The highest BCUT2D eigenvalue weighted by molar-refractivity contribution is 7.92. The van der Waals surface area contributed by atoms with E-state index in [-0.39, 0.29) is 11.7 Å². The number of halogens is 4. The highest BCUT2D eigenvalue weighted by Gasteiger charge is 2.35. The van der Waals surface area contributed by atoms with E-state index in [0.717, 1.165) is 6.07 Å². The fraction of sp³-hybridized carbons (Fsp3) is 0.0455. The van der Waals surface area contributed by atoms with Gasteiger partial charge in [0.2, 0.25) is 10.9 Å². The minimum absolute atomic E-state index is 0.0138. The molecule has 1 aromatic heterocycles. The van der Waals surface area contributed by atoms with Gasteiger partial charge < -0.3 is 4.42 Å². The summed E-state index contributed by atoms with van der Waals surface area (Å²) in [4.78, 5) is 4.10. The number of hydrogen-bond acceptors (Lipinski definition) is 4. The third-order valence-electron chi connectivity index (χ3n) is 4.43. The number of benzene rings is 3. The molecule has 0 saturated carbocycles. The zero-order valence-corrected chi connectivity index (χ0v) is 16.9. The smallest absolute Gasteiger partial charge is 0.419 e. The van der Waals surface area contributed by atoms with Gasteiger partial charge in [-0.2, -0.15) is 26.6 Å². The zero-order chi connectivity index (χ0) is 22.9. The minimum atomic E-state index is -4.99. The van der Waals surface area contributed by atoms with E-state index < -0.39 is 38.3 Å². The zero-order valence-electron chi connectivity index (χ0n) is 16.1. The quantitative estimate of drug-likeness (QED) is 0.371. The van der Waals surface area contributed by atoms with Crippen molar-refractivity contribution in [2.45, 2.75) is 11.2 Å². The van der Waals surface area contributed by atoms with Crippen LogP contribution in [0.15, 0.2) is 88.3 Å². The van der Waals surface area contributed by atoms with Gasteiger partial charge in [0.05, 0.1) is 5.56 Å². The maximum atomic E-state index is 13.6. The van der Waals surface area contributed by atoms with E-state index in [1.807, 2.05) is 4.72 Å². The van der Waals surface area contributed by atoms with Crippen molar-refractivity contribution >= 4 is 15.7 Å². The first-order valence-electron chi connectivity index (χ1n) is 9.16. The van der Waals surface area contributed by atoms with E-state index in [1.165, 1.54) is 0 Å². The van der Waals surface area contributed by atoms with E-state index in [4.69, 9.17) is 4.42 Å². The lowest BCUT2D eigenvalue weighted by Gasteiger charge is -2.11. The third kappa shape index (κ3) is 4.35. The minimum Gasteiger partial charge on any atom is -0.435 e. The maximum Gasteiger partial charge on any atom is 0.419 e. The molecule has 0 atom stereocenters. The predicted octanol–water partition coefficient (Wildman–Crippen LogP) is 5.97. The first-order chi connectivity index (χ1) is 15.1. The van der Waals surface area contributed by atoms with Crippen molar-refractivity contribution < 1.29 is 30.4 Å². The van der Waals surface area contributed by atoms with Crippen molar-refractivity contribution in [1.29, 1.82) is 0 Å². The predicted molar refractivity (Wildman–Crippen MR) is 110 cm³/mol. The second-order valence-electron chi connectivity index (χ2n) is 6.68. The molecular formula is C22H14F4N2O3S. The number of hydrogen-bond donors (Lipinski definition) is 1. The van der Waals surface area contributed by atoms with Crippen LogP contribution in [0.3, 0.4) is 0 Å². The molecule has 3 aromatic carbocycles. The molecule has 0 unspecified atom stereocenters. The molecule has 10 heteroatoms. The standard InChI is InChI=1S/C22H14F4N2O3S/c23-18-12-11-16(13-17(18)22(24,25)26)28-32(29,30)21-19(14-7-3-1-4-8-14)31-20(27-21)15-9-5-2-6-10-15/h1-13,28H. The molecule has 0 amide bonds. The van der Waals surface area contributed by atoms with Crippen LogP contribution in [0.5, 0.6) is 0 Å². The monoisotopic (exact) mass is 462 g/mol. The molecule has 32 heavy (non-hydrogen) atoms. The van der Waals surface area contributed by atoms with Crippen LogP contribution in [-0.2, 0) is 16.2 Å². The van der Waals surface area contributed by atoms with Crippen LogP contribution in [0.2, 0.25) is 0 Å². The average molecular weight is 462 g/mol. The molecule has 5 nitrogen and oxygen atoms in total. The van der Waals surface area contributed by atoms with Gasteiger partial charge in [-0.05, 0) is 30.3 Å². The van der Waals surface area contributed by atoms with Crippen LogP contribution in [0, 0.1) is 5.82 Å². The van der Waals surface area contributed by atoms with Gasteiger partial charge in [-0.15, -0.1) is 0 Å². The Bertz CT molecular complexity index is 1350. The van der Waals surface area contributed by atoms with Crippen molar-refractivity contribution in [3.63, 3.8) is 0 Å². The number of nitrogens with one attached hydrogen (secondary N) is 1. The van der Waals surface area contributed by atoms with E-state index >= 15 is 0 Å². The van der Waals surface area contributed by atoms with Crippen LogP contribution in [0.4, 0.5) is 23.2 Å². The van der Waals surface area contributed by atoms with E-state index in [2.05, 4.69) is 4.98 Å². The highest BCUT2D eigenvalue weighted by atomic mass is 32.2. The first kappa shape index (κ1) is 21.6. The van der Waals surface area contributed by atoms with Crippen molar-refractivity contribution in [3.8, 4) is 22.8 Å². The molecule has 1 N–H and O–H groups in total. The summed E-state index contributed by atoms with van der Waals surface area (Å²) in [7, 11) is -4.50. The average Bonchev–Trinajstić information content (AvgIpc) is 3.22. The summed E-state index contributed by atoms with van der Waals surface area (Å²) < 4.78 is 86.5. The fourth-order valence-corrected chi connectivity index (χ4v) is 4.11. The number of anilines is 1. The van der Waals surface area contributed by atoms with Gasteiger partial charge in [0.15, 0.2) is 5.76 Å². The van der Waals surface area contributed by atoms with Crippen LogP contribution in [-0.4, -0.2) is 13.4 Å². The summed E-state index contributed by atoms with van der Waals surface area (Å²) in [5, 5.41) is -0.513. The van der Waals surface area contributed by atoms with Gasteiger partial charge in [0, 0.05) is 16.8 Å². The SMILES string of the molecule is O=S(=O)(Nc1ccc(F)c(C(F)(F)F)c1)c1nc(-c2ccccc2)oc1-c1ccccc1. The van der Waals surface area contributed by atoms with E-state index in [1.54, 1.807) is 60.7 Å². The largest absolute Gasteiger partial charge is 0.435 e. The molecule has 0 saturated heterocycles. The molecule has 0 aliphatic heterocycles. The van der Waals surface area contributed by atoms with Gasteiger partial charge >= 0.3 is 6.18 Å². The second kappa shape index (κ2) is 8.12. The van der Waals surface area contributed by atoms with Crippen LogP contribution in [0.25, 0.3) is 22.8 Å². The van der Waals surface area contributed by atoms with Crippen molar-refractivity contribution in [2.24, 2.45) is 0 Å². The topological polar surface area (TPSA) is 72.2 Å². The summed E-state index contributed by atoms with van der Waals surface area (Å²) >= 11 is 0. The lowest BCUT2D eigenvalue weighted by Crippen LogP contribution is -2.16. The number of oxazole rings is 1. The normalized spacial score (nSPS) is 12.0. The molecule has 0 radical (unpaired) electrons. The highest BCUT2D eigenvalue weighted by Crippen LogP contribution is 2.35. The molecule has 0 bridgehead atoms. The Kier molecular flexibility index (Phi) is 5.47. The maximum absolute atomic E-state index is 13.6.